The maximum atomic E-state index is 2.51. The fourth-order valence-corrected chi connectivity index (χ4v) is 2.22. The number of rotatable bonds is 3. The topological polar surface area (TPSA) is 0 Å². The molecule has 0 unspecified atom stereocenters. The van der Waals surface area contributed by atoms with Gasteiger partial charge in [-0.15, -0.1) is 0 Å². The molecule has 0 heteroatoms. The lowest BCUT2D eigenvalue weighted by Gasteiger charge is -2.25. The van der Waals surface area contributed by atoms with Crippen LogP contribution in [0.5, 0.6) is 0 Å². The van der Waals surface area contributed by atoms with E-state index in [4.69, 9.17) is 0 Å². The number of allylic oxidation sites excluding steroid dienone is 2. The van der Waals surface area contributed by atoms with Crippen LogP contribution in [0.15, 0.2) is 11.6 Å². The zero-order chi connectivity index (χ0) is 9.84. The smallest absolute Gasteiger partial charge is 0.0297 e. The Labute approximate surface area is 83.4 Å². The molecule has 0 aliphatic heterocycles. The SMILES string of the molecule is CC(C)CC1=CC[C@@H](C(C)C)CC1. The lowest BCUT2D eigenvalue weighted by molar-refractivity contribution is 0.346. The summed E-state index contributed by atoms with van der Waals surface area (Å²) in [4.78, 5) is 0. The van der Waals surface area contributed by atoms with Crippen LogP contribution in [0.25, 0.3) is 0 Å². The summed E-state index contributed by atoms with van der Waals surface area (Å²) in [7, 11) is 0. The molecule has 0 bridgehead atoms. The summed E-state index contributed by atoms with van der Waals surface area (Å²) >= 11 is 0. The lowest BCUT2D eigenvalue weighted by atomic mass is 9.81. The zero-order valence-corrected chi connectivity index (χ0v) is 9.64. The third kappa shape index (κ3) is 3.54. The molecule has 0 spiro atoms. The number of hydrogen-bond acceptors (Lipinski definition) is 0. The third-order valence-electron chi connectivity index (χ3n) is 3.16. The van der Waals surface area contributed by atoms with E-state index in [0.29, 0.717) is 0 Å². The summed E-state index contributed by atoms with van der Waals surface area (Å²) in [5.74, 6) is 2.66. The van der Waals surface area contributed by atoms with Gasteiger partial charge in [-0.1, -0.05) is 39.3 Å². The molecule has 1 rings (SSSR count). The fraction of sp³-hybridized carbons (Fsp3) is 0.846. The molecule has 0 aromatic rings. The normalized spacial score (nSPS) is 23.8. The van der Waals surface area contributed by atoms with Crippen molar-refractivity contribution in [3.05, 3.63) is 11.6 Å². The first-order valence-corrected chi connectivity index (χ1v) is 5.77. The van der Waals surface area contributed by atoms with Crippen LogP contribution in [0.1, 0.15) is 53.4 Å². The first-order valence-electron chi connectivity index (χ1n) is 5.77. The van der Waals surface area contributed by atoms with Gasteiger partial charge in [0.05, 0.1) is 0 Å². The van der Waals surface area contributed by atoms with E-state index in [1.165, 1.54) is 25.7 Å². The van der Waals surface area contributed by atoms with Crippen LogP contribution in [0, 0.1) is 17.8 Å². The molecule has 1 aliphatic carbocycles. The highest BCUT2D eigenvalue weighted by atomic mass is 14.2. The summed E-state index contributed by atoms with van der Waals surface area (Å²) in [6.45, 7) is 9.34. The van der Waals surface area contributed by atoms with Crippen LogP contribution >= 0.6 is 0 Å². The molecule has 0 amide bonds. The summed E-state index contributed by atoms with van der Waals surface area (Å²) < 4.78 is 0. The van der Waals surface area contributed by atoms with Gasteiger partial charge in [0.2, 0.25) is 0 Å². The predicted molar refractivity (Wildman–Crippen MR) is 59.7 cm³/mol. The van der Waals surface area contributed by atoms with Crippen molar-refractivity contribution in [2.24, 2.45) is 17.8 Å². The molecule has 1 atom stereocenters. The maximum Gasteiger partial charge on any atom is -0.0297 e. The van der Waals surface area contributed by atoms with Crippen molar-refractivity contribution in [1.82, 2.24) is 0 Å². The quantitative estimate of drug-likeness (QED) is 0.564. The van der Waals surface area contributed by atoms with E-state index >= 15 is 0 Å². The molecule has 0 nitrogen and oxygen atoms in total. The van der Waals surface area contributed by atoms with Gasteiger partial charge in [0, 0.05) is 0 Å². The van der Waals surface area contributed by atoms with Crippen molar-refractivity contribution < 1.29 is 0 Å². The average Bonchev–Trinajstić information content (AvgIpc) is 2.04. The Morgan fingerprint density at radius 1 is 1.31 bits per heavy atom. The highest BCUT2D eigenvalue weighted by Gasteiger charge is 2.17. The second-order valence-corrected chi connectivity index (χ2v) is 5.24. The molecule has 0 saturated heterocycles. The van der Waals surface area contributed by atoms with Crippen molar-refractivity contribution in [3.63, 3.8) is 0 Å². The van der Waals surface area contributed by atoms with E-state index < -0.39 is 0 Å². The largest absolute Gasteiger partial charge is 0.0850 e. The first-order chi connectivity index (χ1) is 6.09. The van der Waals surface area contributed by atoms with Gasteiger partial charge < -0.3 is 0 Å². The Hall–Kier alpha value is -0.260. The van der Waals surface area contributed by atoms with Crippen LogP contribution in [0.4, 0.5) is 0 Å². The minimum Gasteiger partial charge on any atom is -0.0850 e. The van der Waals surface area contributed by atoms with Gasteiger partial charge in [-0.25, -0.2) is 0 Å². The predicted octanol–water partition coefficient (Wildman–Crippen LogP) is 4.42. The van der Waals surface area contributed by atoms with E-state index in [2.05, 4.69) is 33.8 Å². The molecule has 13 heavy (non-hydrogen) atoms. The van der Waals surface area contributed by atoms with Gasteiger partial charge in [0.15, 0.2) is 0 Å². The van der Waals surface area contributed by atoms with E-state index in [0.717, 1.165) is 17.8 Å². The summed E-state index contributed by atoms with van der Waals surface area (Å²) in [6.07, 6.45) is 7.95. The van der Waals surface area contributed by atoms with Crippen LogP contribution in [-0.4, -0.2) is 0 Å². The van der Waals surface area contributed by atoms with Crippen LogP contribution in [-0.2, 0) is 0 Å². The van der Waals surface area contributed by atoms with E-state index in [9.17, 15) is 0 Å². The molecule has 1 aliphatic rings. The Morgan fingerprint density at radius 2 is 2.00 bits per heavy atom. The second kappa shape index (κ2) is 4.83. The molecule has 0 fully saturated rings. The molecule has 0 N–H and O–H groups in total. The maximum absolute atomic E-state index is 2.51. The van der Waals surface area contributed by atoms with Gasteiger partial charge in [-0.3, -0.25) is 0 Å². The van der Waals surface area contributed by atoms with Crippen molar-refractivity contribution in [3.8, 4) is 0 Å². The Bertz CT molecular complexity index is 174. The average molecular weight is 180 g/mol. The third-order valence-corrected chi connectivity index (χ3v) is 3.16. The molecular weight excluding hydrogens is 156 g/mol. The highest BCUT2D eigenvalue weighted by molar-refractivity contribution is 5.07. The van der Waals surface area contributed by atoms with Crippen molar-refractivity contribution >= 4 is 0 Å². The molecular formula is C13H24. The van der Waals surface area contributed by atoms with Crippen LogP contribution in [0.2, 0.25) is 0 Å². The molecule has 0 heterocycles. The van der Waals surface area contributed by atoms with Crippen molar-refractivity contribution in [2.45, 2.75) is 53.4 Å². The van der Waals surface area contributed by atoms with Crippen molar-refractivity contribution in [1.29, 1.82) is 0 Å². The van der Waals surface area contributed by atoms with Crippen LogP contribution in [0.3, 0.4) is 0 Å². The van der Waals surface area contributed by atoms with Gasteiger partial charge >= 0.3 is 0 Å². The number of hydrogen-bond donors (Lipinski definition) is 0. The Morgan fingerprint density at radius 3 is 2.38 bits per heavy atom. The highest BCUT2D eigenvalue weighted by Crippen LogP contribution is 2.31. The zero-order valence-electron chi connectivity index (χ0n) is 9.64. The Kier molecular flexibility index (Phi) is 4.02. The summed E-state index contributed by atoms with van der Waals surface area (Å²) in [5, 5.41) is 0. The lowest BCUT2D eigenvalue weighted by Crippen LogP contribution is -2.12. The van der Waals surface area contributed by atoms with Crippen LogP contribution < -0.4 is 0 Å². The van der Waals surface area contributed by atoms with Gasteiger partial charge in [0.25, 0.3) is 0 Å². The van der Waals surface area contributed by atoms with Gasteiger partial charge in [-0.05, 0) is 43.4 Å². The fourth-order valence-electron chi connectivity index (χ4n) is 2.22. The standard InChI is InChI=1S/C13H24/c1-10(2)9-12-5-7-13(8-6-12)11(3)4/h5,10-11,13H,6-9H2,1-4H3/t13-/m1/s1. The van der Waals surface area contributed by atoms with Gasteiger partial charge in [-0.2, -0.15) is 0 Å². The molecule has 76 valence electrons. The minimum absolute atomic E-state index is 0.835. The van der Waals surface area contributed by atoms with Crippen molar-refractivity contribution in [2.75, 3.05) is 0 Å². The molecule has 0 aromatic carbocycles. The molecule has 0 aromatic heterocycles. The summed E-state index contributed by atoms with van der Waals surface area (Å²) in [5.41, 5.74) is 1.71. The summed E-state index contributed by atoms with van der Waals surface area (Å²) in [6, 6.07) is 0. The monoisotopic (exact) mass is 180 g/mol. The van der Waals surface area contributed by atoms with Gasteiger partial charge in [0.1, 0.15) is 0 Å². The van der Waals surface area contributed by atoms with E-state index in [1.54, 1.807) is 5.57 Å². The molecule has 0 radical (unpaired) electrons. The first kappa shape index (κ1) is 10.8. The van der Waals surface area contributed by atoms with E-state index in [-0.39, 0.29) is 0 Å². The Balaban J connectivity index is 2.39. The minimum atomic E-state index is 0.835. The molecule has 0 saturated carbocycles. The second-order valence-electron chi connectivity index (χ2n) is 5.24. The van der Waals surface area contributed by atoms with E-state index in [1.807, 2.05) is 0 Å².